The molecule has 0 saturated carbocycles. The molecule has 0 aliphatic rings. The van der Waals surface area contributed by atoms with Crippen LogP contribution in [0.2, 0.25) is 0 Å². The van der Waals surface area contributed by atoms with Crippen LogP contribution in [-0.4, -0.2) is 29.5 Å². The van der Waals surface area contributed by atoms with Crippen LogP contribution in [0.25, 0.3) is 22.2 Å². The Bertz CT molecular complexity index is 859. The molecule has 8 nitrogen and oxygen atoms in total. The number of fused-ring (bicyclic) bond motifs is 1. The molecule has 8 heteroatoms. The summed E-state index contributed by atoms with van der Waals surface area (Å²) in [5.74, 6) is 1.13. The van der Waals surface area contributed by atoms with Crippen molar-refractivity contribution in [2.75, 3.05) is 14.2 Å². The molecule has 0 unspecified atom stereocenters. The van der Waals surface area contributed by atoms with Crippen molar-refractivity contribution in [3.63, 3.8) is 0 Å². The Morgan fingerprint density at radius 1 is 1.05 bits per heavy atom. The molecule has 0 fully saturated rings. The Morgan fingerprint density at radius 3 is 2.45 bits per heavy atom. The first-order valence-corrected chi connectivity index (χ1v) is 6.27. The van der Waals surface area contributed by atoms with Crippen LogP contribution >= 0.6 is 0 Å². The Balaban J connectivity index is 2.21. The van der Waals surface area contributed by atoms with Gasteiger partial charge in [-0.05, 0) is 34.1 Å². The monoisotopic (exact) mass is 301 g/mol. The molecule has 1 heterocycles. The predicted molar refractivity (Wildman–Crippen MR) is 77.0 cm³/mol. The zero-order valence-corrected chi connectivity index (χ0v) is 11.8. The fourth-order valence-electron chi connectivity index (χ4n) is 2.24. The third-order valence-corrected chi connectivity index (χ3v) is 3.29. The fraction of sp³-hybridized carbons (Fsp3) is 0.143. The zero-order valence-electron chi connectivity index (χ0n) is 11.8. The topological polar surface area (TPSA) is 101 Å². The average molecular weight is 301 g/mol. The van der Waals surface area contributed by atoms with Crippen LogP contribution in [0.3, 0.4) is 0 Å². The van der Waals surface area contributed by atoms with Gasteiger partial charge in [-0.15, -0.1) is 0 Å². The lowest BCUT2D eigenvalue weighted by Gasteiger charge is -2.09. The zero-order chi connectivity index (χ0) is 15.7. The van der Waals surface area contributed by atoms with E-state index in [2.05, 4.69) is 14.9 Å². The largest absolute Gasteiger partial charge is 0.493 e. The second-order valence-electron chi connectivity index (χ2n) is 4.42. The number of nitrogens with zero attached hydrogens (tertiary/aromatic N) is 3. The highest BCUT2D eigenvalue weighted by atomic mass is 16.6. The molecule has 0 bridgehead atoms. The highest BCUT2D eigenvalue weighted by molar-refractivity contribution is 5.96. The van der Waals surface area contributed by atoms with Gasteiger partial charge in [-0.25, -0.2) is 4.63 Å². The van der Waals surface area contributed by atoms with Crippen molar-refractivity contribution in [2.45, 2.75) is 0 Å². The first-order chi connectivity index (χ1) is 10.7. The predicted octanol–water partition coefficient (Wildman–Crippen LogP) is 2.82. The molecule has 3 rings (SSSR count). The van der Waals surface area contributed by atoms with Crippen LogP contribution in [0.15, 0.2) is 35.0 Å². The third kappa shape index (κ3) is 2.10. The van der Waals surface area contributed by atoms with Crippen LogP contribution in [0.4, 0.5) is 5.69 Å². The molecule has 0 spiro atoms. The maximum absolute atomic E-state index is 11.0. The van der Waals surface area contributed by atoms with E-state index in [0.29, 0.717) is 22.6 Å². The number of rotatable bonds is 4. The molecule has 1 aromatic heterocycles. The first kappa shape index (κ1) is 13.8. The molecule has 0 amide bonds. The van der Waals surface area contributed by atoms with E-state index in [9.17, 15) is 10.1 Å². The van der Waals surface area contributed by atoms with Crippen molar-refractivity contribution in [3.05, 3.63) is 40.4 Å². The smallest absolute Gasteiger partial charge is 0.300 e. The highest BCUT2D eigenvalue weighted by Crippen LogP contribution is 2.36. The number of aromatic nitrogens is 2. The van der Waals surface area contributed by atoms with Gasteiger partial charge in [0, 0.05) is 11.6 Å². The summed E-state index contributed by atoms with van der Waals surface area (Å²) in [6, 6.07) is 8.28. The molecule has 0 saturated heterocycles. The highest BCUT2D eigenvalue weighted by Gasteiger charge is 2.20. The van der Waals surface area contributed by atoms with Crippen molar-refractivity contribution >= 4 is 16.7 Å². The van der Waals surface area contributed by atoms with Gasteiger partial charge in [0.05, 0.1) is 19.1 Å². The van der Waals surface area contributed by atoms with E-state index in [4.69, 9.17) is 9.47 Å². The van der Waals surface area contributed by atoms with E-state index < -0.39 is 4.92 Å². The summed E-state index contributed by atoms with van der Waals surface area (Å²) in [7, 11) is 3.08. The number of benzene rings is 2. The van der Waals surface area contributed by atoms with E-state index in [1.54, 1.807) is 31.4 Å². The van der Waals surface area contributed by atoms with E-state index in [-0.39, 0.29) is 11.2 Å². The normalized spacial score (nSPS) is 10.6. The molecule has 22 heavy (non-hydrogen) atoms. The van der Waals surface area contributed by atoms with Crippen molar-refractivity contribution in [3.8, 4) is 22.6 Å². The van der Waals surface area contributed by atoms with Crippen molar-refractivity contribution in [1.29, 1.82) is 0 Å². The average Bonchev–Trinajstić information content (AvgIpc) is 3.02. The van der Waals surface area contributed by atoms with Crippen molar-refractivity contribution in [1.82, 2.24) is 10.3 Å². The summed E-state index contributed by atoms with van der Waals surface area (Å²) in [6.45, 7) is 0. The van der Waals surface area contributed by atoms with Crippen LogP contribution in [0.5, 0.6) is 11.5 Å². The Morgan fingerprint density at radius 2 is 1.77 bits per heavy atom. The molecule has 0 N–H and O–H groups in total. The molecule has 0 aliphatic carbocycles. The third-order valence-electron chi connectivity index (χ3n) is 3.29. The summed E-state index contributed by atoms with van der Waals surface area (Å²) >= 11 is 0. The van der Waals surface area contributed by atoms with E-state index in [0.717, 1.165) is 5.56 Å². The van der Waals surface area contributed by atoms with Gasteiger partial charge in [0.1, 0.15) is 5.52 Å². The van der Waals surface area contributed by atoms with Crippen molar-refractivity contribution < 1.29 is 19.0 Å². The molecular weight excluding hydrogens is 290 g/mol. The number of hydrogen-bond acceptors (Lipinski definition) is 7. The number of methoxy groups -OCH3 is 2. The van der Waals surface area contributed by atoms with Gasteiger partial charge in [-0.3, -0.25) is 10.1 Å². The number of nitro groups is 1. The minimum absolute atomic E-state index is 0.109. The van der Waals surface area contributed by atoms with Crippen LogP contribution < -0.4 is 9.47 Å². The SMILES string of the molecule is COc1ccc(-c2ccc([N+](=O)[O-])c3nonc23)cc1OC. The maximum Gasteiger partial charge on any atom is 0.300 e. The lowest BCUT2D eigenvalue weighted by atomic mass is 10.0. The van der Waals surface area contributed by atoms with Crippen LogP contribution in [-0.2, 0) is 0 Å². The molecule has 3 aromatic rings. The standard InChI is InChI=1S/C14H11N3O5/c1-20-11-6-3-8(7-12(11)21-2)9-4-5-10(17(18)19)14-13(9)15-22-16-14/h3-7H,1-2H3. The Kier molecular flexibility index (Phi) is 3.34. The summed E-state index contributed by atoms with van der Waals surface area (Å²) in [6.07, 6.45) is 0. The number of non-ortho nitro benzene ring substituents is 1. The summed E-state index contributed by atoms with van der Waals surface area (Å²) < 4.78 is 15.1. The van der Waals surface area contributed by atoms with Gasteiger partial charge in [-0.2, -0.15) is 0 Å². The Hall–Kier alpha value is -3.16. The maximum atomic E-state index is 11.0. The van der Waals surface area contributed by atoms with Crippen molar-refractivity contribution in [2.24, 2.45) is 0 Å². The van der Waals surface area contributed by atoms with Gasteiger partial charge in [0.25, 0.3) is 0 Å². The van der Waals surface area contributed by atoms with Crippen LogP contribution in [0, 0.1) is 10.1 Å². The number of nitro benzene ring substituents is 1. The van der Waals surface area contributed by atoms with Gasteiger partial charge in [0.15, 0.2) is 11.5 Å². The van der Waals surface area contributed by atoms with Gasteiger partial charge < -0.3 is 9.47 Å². The number of ether oxygens (including phenoxy) is 2. The lowest BCUT2D eigenvalue weighted by molar-refractivity contribution is -0.383. The second-order valence-corrected chi connectivity index (χ2v) is 4.42. The summed E-state index contributed by atoms with van der Waals surface area (Å²) in [5, 5.41) is 18.4. The van der Waals surface area contributed by atoms with E-state index in [1.807, 2.05) is 0 Å². The molecule has 0 aliphatic heterocycles. The van der Waals surface area contributed by atoms with Crippen LogP contribution in [0.1, 0.15) is 0 Å². The van der Waals surface area contributed by atoms with Gasteiger partial charge in [-0.1, -0.05) is 6.07 Å². The second kappa shape index (κ2) is 5.32. The van der Waals surface area contributed by atoms with E-state index >= 15 is 0 Å². The molecule has 0 radical (unpaired) electrons. The Labute approximate surface area is 124 Å². The van der Waals surface area contributed by atoms with Gasteiger partial charge >= 0.3 is 5.69 Å². The molecule has 112 valence electrons. The van der Waals surface area contributed by atoms with Gasteiger partial charge in [0.2, 0.25) is 5.52 Å². The van der Waals surface area contributed by atoms with E-state index in [1.165, 1.54) is 13.2 Å². The minimum atomic E-state index is -0.523. The minimum Gasteiger partial charge on any atom is -0.493 e. The first-order valence-electron chi connectivity index (χ1n) is 6.27. The summed E-state index contributed by atoms with van der Waals surface area (Å²) in [5.41, 5.74) is 1.69. The fourth-order valence-corrected chi connectivity index (χ4v) is 2.24. The molecule has 0 atom stereocenters. The number of hydrogen-bond donors (Lipinski definition) is 0. The summed E-state index contributed by atoms with van der Waals surface area (Å²) in [4.78, 5) is 10.5. The lowest BCUT2D eigenvalue weighted by Crippen LogP contribution is -1.93. The molecule has 2 aromatic carbocycles. The molecular formula is C14H11N3O5. The quantitative estimate of drug-likeness (QED) is 0.539.